The third-order valence-electron chi connectivity index (χ3n) is 3.58. The zero-order valence-electron chi connectivity index (χ0n) is 10.7. The first-order chi connectivity index (χ1) is 8.93. The molecule has 6 heteroatoms. The molecule has 3 rings (SSSR count). The van der Waals surface area contributed by atoms with Gasteiger partial charge in [0.15, 0.2) is 0 Å². The second-order valence-corrected chi connectivity index (χ2v) is 4.71. The van der Waals surface area contributed by atoms with Gasteiger partial charge in [-0.1, -0.05) is 12.7 Å². The monoisotopic (exact) mass is 266 g/mol. The molecule has 3 aliphatic rings. The fraction of sp³-hybridized carbons (Fsp3) is 0.462. The van der Waals surface area contributed by atoms with Gasteiger partial charge in [-0.15, -0.1) is 0 Å². The van der Waals surface area contributed by atoms with E-state index in [0.717, 1.165) is 6.26 Å². The van der Waals surface area contributed by atoms with Crippen LogP contribution in [0.1, 0.15) is 13.3 Å². The zero-order chi connectivity index (χ0) is 14.2. The first kappa shape index (κ1) is 13.3. The minimum absolute atomic E-state index is 0.191. The van der Waals surface area contributed by atoms with Gasteiger partial charge < -0.3 is 14.2 Å². The fourth-order valence-electron chi connectivity index (χ4n) is 2.48. The van der Waals surface area contributed by atoms with Gasteiger partial charge in [0.05, 0.1) is 30.3 Å². The molecule has 2 aliphatic heterocycles. The smallest absolute Gasteiger partial charge is 0.337 e. The van der Waals surface area contributed by atoms with Gasteiger partial charge in [-0.05, 0) is 6.92 Å². The molecule has 1 aliphatic carbocycles. The number of hydrogen-bond donors (Lipinski definition) is 0. The van der Waals surface area contributed by atoms with E-state index in [-0.39, 0.29) is 12.0 Å². The van der Waals surface area contributed by atoms with E-state index in [2.05, 4.69) is 11.3 Å². The fourth-order valence-corrected chi connectivity index (χ4v) is 2.48. The van der Waals surface area contributed by atoms with Crippen molar-refractivity contribution in [2.75, 3.05) is 7.11 Å². The van der Waals surface area contributed by atoms with Gasteiger partial charge in [-0.25, -0.2) is 4.79 Å². The van der Waals surface area contributed by atoms with Crippen molar-refractivity contribution in [3.05, 3.63) is 24.5 Å². The van der Waals surface area contributed by atoms with E-state index in [0.29, 0.717) is 0 Å². The Morgan fingerprint density at radius 1 is 1.58 bits per heavy atom. The molecule has 1 fully saturated rings. The summed E-state index contributed by atoms with van der Waals surface area (Å²) >= 11 is 0. The summed E-state index contributed by atoms with van der Waals surface area (Å²) in [7, 11) is 1.25. The highest BCUT2D eigenvalue weighted by atomic mass is 16.6. The lowest BCUT2D eigenvalue weighted by atomic mass is 9.65. The number of carbonyl (C=O) groups excluding carboxylic acids is 3. The van der Waals surface area contributed by atoms with Crippen molar-refractivity contribution in [3.63, 3.8) is 0 Å². The highest BCUT2D eigenvalue weighted by molar-refractivity contribution is 5.96. The lowest BCUT2D eigenvalue weighted by molar-refractivity contribution is -0.181. The normalized spacial score (nSPS) is 32.1. The number of fused-ring (bicyclic) bond motifs is 2. The van der Waals surface area contributed by atoms with Crippen LogP contribution in [0, 0.1) is 11.3 Å². The summed E-state index contributed by atoms with van der Waals surface area (Å²) in [6.45, 7) is 4.93. The van der Waals surface area contributed by atoms with E-state index in [9.17, 15) is 14.4 Å². The maximum Gasteiger partial charge on any atom is 0.337 e. The average molecular weight is 266 g/mol. The Morgan fingerprint density at radius 3 is 2.79 bits per heavy atom. The van der Waals surface area contributed by atoms with Gasteiger partial charge in [0.25, 0.3) is 0 Å². The highest BCUT2D eigenvalue weighted by Gasteiger charge is 2.57. The predicted molar refractivity (Wildman–Crippen MR) is 62.5 cm³/mol. The summed E-state index contributed by atoms with van der Waals surface area (Å²) < 4.78 is 14.5. The standard InChI is InChI=1S/C13H14O6/c1-4-18-12(16)13(2)6-9-7(10(14)17-3)5-8(13)11(15)19-9/h4-5,8-9H,1,6H2,2-3H3/t8-,9+,13+/m1/s1. The summed E-state index contributed by atoms with van der Waals surface area (Å²) in [4.78, 5) is 35.3. The first-order valence-electron chi connectivity index (χ1n) is 5.76. The summed E-state index contributed by atoms with van der Waals surface area (Å²) in [5.41, 5.74) is -0.776. The second-order valence-electron chi connectivity index (χ2n) is 4.71. The molecule has 0 aromatic carbocycles. The van der Waals surface area contributed by atoms with Crippen LogP contribution in [0.3, 0.4) is 0 Å². The van der Waals surface area contributed by atoms with Crippen LogP contribution in [0.15, 0.2) is 24.5 Å². The third-order valence-corrected chi connectivity index (χ3v) is 3.58. The number of carbonyl (C=O) groups is 3. The van der Waals surface area contributed by atoms with Gasteiger partial charge in [-0.2, -0.15) is 0 Å². The average Bonchev–Trinajstić information content (AvgIpc) is 2.38. The zero-order valence-corrected chi connectivity index (χ0v) is 10.7. The lowest BCUT2D eigenvalue weighted by Gasteiger charge is -2.44. The van der Waals surface area contributed by atoms with Gasteiger partial charge >= 0.3 is 17.9 Å². The van der Waals surface area contributed by atoms with Crippen LogP contribution in [0.2, 0.25) is 0 Å². The van der Waals surface area contributed by atoms with Crippen LogP contribution >= 0.6 is 0 Å². The van der Waals surface area contributed by atoms with Crippen LogP contribution in [0.5, 0.6) is 0 Å². The topological polar surface area (TPSA) is 78.9 Å². The largest absolute Gasteiger partial charge is 0.466 e. The summed E-state index contributed by atoms with van der Waals surface area (Å²) in [5, 5.41) is 0. The number of rotatable bonds is 3. The Labute approximate surface area is 110 Å². The molecule has 0 amide bonds. The SMILES string of the molecule is C=COC(=O)[C@@]1(C)C[C@@H]2OC(=O)[C@H]1C=C2C(=O)OC. The Bertz CT molecular complexity index is 491. The van der Waals surface area contributed by atoms with Gasteiger partial charge in [-0.3, -0.25) is 9.59 Å². The van der Waals surface area contributed by atoms with Crippen molar-refractivity contribution in [3.8, 4) is 0 Å². The number of ether oxygens (including phenoxy) is 3. The van der Waals surface area contributed by atoms with E-state index >= 15 is 0 Å². The maximum atomic E-state index is 12.0. The molecule has 0 N–H and O–H groups in total. The van der Waals surface area contributed by atoms with Crippen molar-refractivity contribution in [1.29, 1.82) is 0 Å². The van der Waals surface area contributed by atoms with E-state index in [4.69, 9.17) is 9.47 Å². The summed E-state index contributed by atoms with van der Waals surface area (Å²) in [5.74, 6) is -2.50. The molecule has 2 bridgehead atoms. The van der Waals surface area contributed by atoms with E-state index in [1.54, 1.807) is 6.92 Å². The quantitative estimate of drug-likeness (QED) is 0.425. The predicted octanol–water partition coefficient (Wildman–Crippen LogP) is 0.724. The Balaban J connectivity index is 2.38. The molecule has 3 atom stereocenters. The minimum atomic E-state index is -1.05. The second kappa shape index (κ2) is 4.53. The van der Waals surface area contributed by atoms with E-state index < -0.39 is 35.3 Å². The van der Waals surface area contributed by atoms with Gasteiger partial charge in [0, 0.05) is 6.42 Å². The van der Waals surface area contributed by atoms with Gasteiger partial charge in [0.2, 0.25) is 0 Å². The van der Waals surface area contributed by atoms with Crippen molar-refractivity contribution in [2.45, 2.75) is 19.4 Å². The lowest BCUT2D eigenvalue weighted by Crippen LogP contribution is -2.53. The van der Waals surface area contributed by atoms with E-state index in [1.165, 1.54) is 13.2 Å². The molecule has 1 saturated heterocycles. The van der Waals surface area contributed by atoms with Crippen molar-refractivity contribution >= 4 is 17.9 Å². The third kappa shape index (κ3) is 1.93. The highest BCUT2D eigenvalue weighted by Crippen LogP contribution is 2.47. The summed E-state index contributed by atoms with van der Waals surface area (Å²) in [6, 6.07) is 0. The van der Waals surface area contributed by atoms with Crippen LogP contribution < -0.4 is 0 Å². The van der Waals surface area contributed by atoms with Crippen molar-refractivity contribution < 1.29 is 28.6 Å². The number of methoxy groups -OCH3 is 1. The number of esters is 3. The molecule has 0 spiro atoms. The molecule has 6 nitrogen and oxygen atoms in total. The molecule has 0 aromatic rings. The van der Waals surface area contributed by atoms with Crippen molar-refractivity contribution in [2.24, 2.45) is 11.3 Å². The first-order valence-corrected chi connectivity index (χ1v) is 5.76. The van der Waals surface area contributed by atoms with Crippen LogP contribution in [-0.2, 0) is 28.6 Å². The molecule has 0 unspecified atom stereocenters. The molecule has 102 valence electrons. The molecule has 19 heavy (non-hydrogen) atoms. The van der Waals surface area contributed by atoms with Crippen LogP contribution in [-0.4, -0.2) is 31.1 Å². The molecule has 0 saturated carbocycles. The van der Waals surface area contributed by atoms with Crippen molar-refractivity contribution in [1.82, 2.24) is 0 Å². The molecule has 2 heterocycles. The minimum Gasteiger partial charge on any atom is -0.466 e. The molecular formula is C13H14O6. The van der Waals surface area contributed by atoms with Crippen LogP contribution in [0.25, 0.3) is 0 Å². The molecule has 0 aromatic heterocycles. The molecule has 0 radical (unpaired) electrons. The van der Waals surface area contributed by atoms with Crippen LogP contribution in [0.4, 0.5) is 0 Å². The maximum absolute atomic E-state index is 12.0. The van der Waals surface area contributed by atoms with Gasteiger partial charge in [0.1, 0.15) is 6.10 Å². The summed E-state index contributed by atoms with van der Waals surface area (Å²) in [6.07, 6.45) is 1.88. The number of hydrogen-bond acceptors (Lipinski definition) is 6. The molecular weight excluding hydrogens is 252 g/mol. The Morgan fingerprint density at radius 2 is 2.26 bits per heavy atom. The Kier molecular flexibility index (Phi) is 3.18. The van der Waals surface area contributed by atoms with E-state index in [1.807, 2.05) is 0 Å². The Hall–Kier alpha value is -2.11.